The second-order valence-electron chi connectivity index (χ2n) is 24.8. The first-order valence-electron chi connectivity index (χ1n) is 28.8. The summed E-state index contributed by atoms with van der Waals surface area (Å²) in [5.74, 6) is 0.639. The third-order valence-electron chi connectivity index (χ3n) is 19.8. The lowest BCUT2D eigenvalue weighted by Crippen LogP contribution is -2.59. The maximum absolute atomic E-state index is 17.4. The van der Waals surface area contributed by atoms with E-state index in [0.717, 1.165) is 95.8 Å². The number of β-amino-alcohol motifs (C(OH)–C–C–N with tert-alkyl or cyclic N) is 1. The Bertz CT molecular complexity index is 3680. The number of nitrogens with one attached hydrogen (secondary N) is 1. The van der Waals surface area contributed by atoms with Gasteiger partial charge in [-0.15, -0.1) is 6.42 Å². The van der Waals surface area contributed by atoms with Crippen molar-refractivity contribution in [2.75, 3.05) is 50.8 Å². The molecule has 6 aliphatic heterocycles. The quantitative estimate of drug-likeness (QED) is 0.0764. The smallest absolute Gasteiger partial charge is 0.407 e. The zero-order chi connectivity index (χ0) is 56.3. The minimum atomic E-state index is -1.03. The lowest BCUT2D eigenvalue weighted by molar-refractivity contribution is -0.135. The number of carbonyl (C=O) groups is 3. The number of imidazole rings is 1. The van der Waals surface area contributed by atoms with Crippen molar-refractivity contribution in [2.24, 2.45) is 12.5 Å². The van der Waals surface area contributed by atoms with Gasteiger partial charge >= 0.3 is 17.8 Å². The first-order valence-corrected chi connectivity index (χ1v) is 28.8. The first kappa shape index (κ1) is 53.1. The number of amides is 3. The number of aromatic hydroxyl groups is 1. The minimum absolute atomic E-state index is 0.0385. The molecule has 3 aromatic heterocycles. The van der Waals surface area contributed by atoms with Gasteiger partial charge in [-0.2, -0.15) is 9.97 Å². The highest BCUT2D eigenvalue weighted by molar-refractivity contribution is 6.03. The van der Waals surface area contributed by atoms with Gasteiger partial charge in [0.1, 0.15) is 41.2 Å². The van der Waals surface area contributed by atoms with Gasteiger partial charge in [-0.25, -0.2) is 18.4 Å². The van der Waals surface area contributed by atoms with Gasteiger partial charge in [0.25, 0.3) is 0 Å². The molecule has 5 atom stereocenters. The van der Waals surface area contributed by atoms with Gasteiger partial charge in [-0.3, -0.25) is 33.9 Å². The van der Waals surface area contributed by atoms with Gasteiger partial charge in [-0.05, 0) is 169 Å². The van der Waals surface area contributed by atoms with E-state index in [2.05, 4.69) is 38.2 Å². The molecule has 3 amide bonds. The number of benzene rings is 3. The molecule has 3 aromatic carbocycles. The lowest BCUT2D eigenvalue weighted by Gasteiger charge is -2.58. The summed E-state index contributed by atoms with van der Waals surface area (Å²) in [4.78, 5) is 73.9. The number of phenolic OH excluding ortho intramolecular Hbond substituents is 1. The van der Waals surface area contributed by atoms with Crippen molar-refractivity contribution >= 4 is 56.4 Å². The van der Waals surface area contributed by atoms with Crippen LogP contribution in [-0.2, 0) is 16.6 Å². The number of terminal acetylenes is 1. The Labute approximate surface area is 467 Å². The molecule has 2 unspecified atom stereocenters. The Kier molecular flexibility index (Phi) is 13.1. The van der Waals surface area contributed by atoms with Crippen molar-refractivity contribution in [3.8, 4) is 35.4 Å². The predicted molar refractivity (Wildman–Crippen MR) is 299 cm³/mol. The second-order valence-corrected chi connectivity index (χ2v) is 24.8. The van der Waals surface area contributed by atoms with Gasteiger partial charge in [0.05, 0.1) is 33.1 Å². The Morgan fingerprint density at radius 3 is 2.48 bits per heavy atom. The van der Waals surface area contributed by atoms with Gasteiger partial charge in [0.2, 0.25) is 11.8 Å². The number of ether oxygens (including phenoxy) is 1. The van der Waals surface area contributed by atoms with E-state index in [9.17, 15) is 34.5 Å². The molecule has 1 aliphatic carbocycles. The summed E-state index contributed by atoms with van der Waals surface area (Å²) in [6.45, 7) is 6.03. The maximum Gasteiger partial charge on any atom is 0.407 e. The van der Waals surface area contributed by atoms with Crippen molar-refractivity contribution in [2.45, 2.75) is 144 Å². The van der Waals surface area contributed by atoms with E-state index in [4.69, 9.17) is 21.1 Å². The first-order chi connectivity index (χ1) is 38.9. The SMILES string of the molecule is C#Cc1c(F)ccc2cc(O)cc(-c3ncc4c(N5CCC[C@@](C)(O)C5)nc(OC[C@@]56CCCN5[C@H](CC5CC7(CCN5C(=O)O)CC(N5CCC(c8ccc9c(c8)n(C)c(=O)n9C8CCC(=O)NC8=O)CC5)C7)CC6)nc4c3F)c12. The number of hydrogen-bond donors (Lipinski definition) is 4. The molecule has 6 aromatic rings. The van der Waals surface area contributed by atoms with Crippen LogP contribution < -0.4 is 20.6 Å². The van der Waals surface area contributed by atoms with E-state index in [1.165, 1.54) is 40.6 Å². The van der Waals surface area contributed by atoms with E-state index < -0.39 is 35.3 Å². The topological polar surface area (TPSA) is 212 Å². The Morgan fingerprint density at radius 1 is 0.914 bits per heavy atom. The van der Waals surface area contributed by atoms with Crippen LogP contribution in [0.2, 0.25) is 0 Å². The molecule has 0 bridgehead atoms. The highest BCUT2D eigenvalue weighted by atomic mass is 19.1. The molecule has 0 radical (unpaired) electrons. The number of aromatic nitrogens is 5. The fraction of sp³-hybridized carbons (Fsp3) is 0.525. The van der Waals surface area contributed by atoms with Crippen molar-refractivity contribution in [3.63, 3.8) is 0 Å². The average molecular weight is 1110 g/mol. The molecule has 81 heavy (non-hydrogen) atoms. The van der Waals surface area contributed by atoms with Crippen molar-refractivity contribution in [1.82, 2.24) is 44.1 Å². The number of imide groups is 1. The average Bonchev–Trinajstić information content (AvgIpc) is 4.27. The fourth-order valence-corrected chi connectivity index (χ4v) is 15.8. The number of anilines is 1. The summed E-state index contributed by atoms with van der Waals surface area (Å²) in [5.41, 5.74) is 0.798. The van der Waals surface area contributed by atoms with Crippen LogP contribution in [0.1, 0.15) is 126 Å². The lowest BCUT2D eigenvalue weighted by atomic mass is 9.58. The van der Waals surface area contributed by atoms with E-state index in [0.29, 0.717) is 66.4 Å². The van der Waals surface area contributed by atoms with E-state index in [-0.39, 0.29) is 93.7 Å². The number of hydrogen-bond acceptors (Lipinski definition) is 13. The van der Waals surface area contributed by atoms with E-state index >= 15 is 8.78 Å². The molecule has 1 saturated carbocycles. The Balaban J connectivity index is 0.694. The summed E-state index contributed by atoms with van der Waals surface area (Å²) < 4.78 is 42.3. The molecule has 7 aliphatic rings. The van der Waals surface area contributed by atoms with Crippen molar-refractivity contribution < 1.29 is 43.2 Å². The molecule has 4 N–H and O–H groups in total. The number of piperidine rings is 4. The van der Waals surface area contributed by atoms with Gasteiger partial charge in [0.15, 0.2) is 5.82 Å². The van der Waals surface area contributed by atoms with Crippen LogP contribution >= 0.6 is 0 Å². The summed E-state index contributed by atoms with van der Waals surface area (Å²) in [7, 11) is 1.73. The van der Waals surface area contributed by atoms with Crippen LogP contribution in [0, 0.1) is 29.4 Å². The number of halogens is 2. The molecule has 6 saturated heterocycles. The van der Waals surface area contributed by atoms with E-state index in [1.807, 2.05) is 11.0 Å². The number of pyridine rings is 1. The van der Waals surface area contributed by atoms with Gasteiger partial charge in [0, 0.05) is 68.4 Å². The predicted octanol–water partition coefficient (Wildman–Crippen LogP) is 7.73. The van der Waals surface area contributed by atoms with Crippen LogP contribution in [-0.4, -0.2) is 147 Å². The number of fused-ring (bicyclic) bond motifs is 4. The number of carbonyl (C=O) groups excluding carboxylic acids is 2. The number of carboxylic acid groups (broad SMARTS) is 1. The molecular weight excluding hydrogens is 1040 g/mol. The minimum Gasteiger partial charge on any atom is -0.508 e. The van der Waals surface area contributed by atoms with Gasteiger partial charge in [-0.1, -0.05) is 18.1 Å². The third kappa shape index (κ3) is 9.23. The molecule has 20 heteroatoms. The summed E-state index contributed by atoms with van der Waals surface area (Å²) >= 11 is 0. The van der Waals surface area contributed by atoms with Gasteiger partial charge < -0.3 is 34.8 Å². The fourth-order valence-electron chi connectivity index (χ4n) is 15.8. The largest absolute Gasteiger partial charge is 0.508 e. The zero-order valence-corrected chi connectivity index (χ0v) is 45.8. The number of likely N-dealkylation sites (tertiary alicyclic amines) is 2. The molecular formula is C61H68F2N10O8. The summed E-state index contributed by atoms with van der Waals surface area (Å²) in [6, 6.07) is 11.2. The normalized spacial score (nSPS) is 28.4. The Morgan fingerprint density at radius 2 is 1.72 bits per heavy atom. The molecule has 13 rings (SSSR count). The number of rotatable bonds is 10. The summed E-state index contributed by atoms with van der Waals surface area (Å²) in [5, 5.41) is 35.9. The van der Waals surface area contributed by atoms with Crippen LogP contribution in [0.25, 0.3) is 44.0 Å². The number of aliphatic hydroxyl groups is 1. The standard InChI is InChI=1S/C61H68F2N10O8/c1-4-42-45(62)9-7-37-25-41(74)28-43(50(37)42)52-51(63)53-44(32-64-52)54(70-20-5-16-59(2,80)33-70)67-56(66-53)81-34-61-17-6-21-72(61)38(13-18-61)27-39-29-60(19-24-71(39)58(78)79)30-40(31-60)69-22-14-35(15-23-69)36-8-10-46-48(26-36)68(3)57(77)73(46)47-11-12-49(75)65-55(47)76/h1,7-10,25-26,28,32,35,38-40,47,74,80H,5-6,11-24,27,29-31,33-34H2,2-3H3,(H,78,79)(H,65,75,76)/t38-,39?,40?,47?,59+,60?,61-/m0/s1. The van der Waals surface area contributed by atoms with Crippen molar-refractivity contribution in [3.05, 3.63) is 81.9 Å². The second kappa shape index (κ2) is 20.0. The molecule has 1 spiro atoms. The maximum atomic E-state index is 17.4. The van der Waals surface area contributed by atoms with Crippen LogP contribution in [0.4, 0.5) is 19.4 Å². The van der Waals surface area contributed by atoms with Crippen LogP contribution in [0.3, 0.4) is 0 Å². The molecule has 424 valence electrons. The molecule has 9 heterocycles. The summed E-state index contributed by atoms with van der Waals surface area (Å²) in [6.07, 6.45) is 18.1. The van der Waals surface area contributed by atoms with Crippen molar-refractivity contribution in [1.29, 1.82) is 0 Å². The molecule has 7 fully saturated rings. The third-order valence-corrected chi connectivity index (χ3v) is 19.8. The number of aryl methyl sites for hydroxylation is 1. The highest BCUT2D eigenvalue weighted by Crippen LogP contribution is 2.55. The molecule has 18 nitrogen and oxygen atoms in total. The highest BCUT2D eigenvalue weighted by Gasteiger charge is 2.55. The Hall–Kier alpha value is -7.21. The number of nitrogens with zero attached hydrogens (tertiary/aromatic N) is 9. The number of phenols is 1. The zero-order valence-electron chi connectivity index (χ0n) is 45.8. The van der Waals surface area contributed by atoms with Crippen LogP contribution in [0.15, 0.2) is 53.5 Å². The van der Waals surface area contributed by atoms with Crippen LogP contribution in [0.5, 0.6) is 11.8 Å². The monoisotopic (exact) mass is 1110 g/mol. The van der Waals surface area contributed by atoms with E-state index in [1.54, 1.807) is 23.4 Å².